The molecule has 1 saturated heterocycles. The molecule has 0 aliphatic carbocycles. The zero-order valence-corrected chi connectivity index (χ0v) is 16.6. The Hall–Kier alpha value is -3.62. The van der Waals surface area contributed by atoms with Crippen LogP contribution in [-0.4, -0.2) is 38.1 Å². The third-order valence-corrected chi connectivity index (χ3v) is 5.44. The van der Waals surface area contributed by atoms with Crippen LogP contribution in [0.25, 0.3) is 27.9 Å². The molecule has 9 heteroatoms. The number of carbonyl (C=O) groups is 1. The van der Waals surface area contributed by atoms with Gasteiger partial charge in [-0.15, -0.1) is 5.10 Å². The second-order valence-electron chi connectivity index (χ2n) is 7.53. The summed E-state index contributed by atoms with van der Waals surface area (Å²) < 4.78 is 27.4. The lowest BCUT2D eigenvalue weighted by molar-refractivity contribution is -0.121. The number of carbonyl (C=O) groups excluding carboxylic acids is 1. The summed E-state index contributed by atoms with van der Waals surface area (Å²) in [5, 5.41) is 11.5. The molecule has 31 heavy (non-hydrogen) atoms. The molecule has 1 amide bonds. The van der Waals surface area contributed by atoms with E-state index in [9.17, 15) is 13.6 Å². The van der Waals surface area contributed by atoms with Gasteiger partial charge in [-0.25, -0.2) is 18.7 Å². The molecule has 0 spiro atoms. The fourth-order valence-corrected chi connectivity index (χ4v) is 3.78. The van der Waals surface area contributed by atoms with Crippen LogP contribution in [0, 0.1) is 0 Å². The maximum atomic E-state index is 12.9. The molecule has 2 aromatic heterocycles. The number of nitrogens with zero attached hydrogens (tertiary/aromatic N) is 4. The third kappa shape index (κ3) is 3.67. The summed E-state index contributed by atoms with van der Waals surface area (Å²) in [5.74, 6) is 0.745. The first-order valence-electron chi connectivity index (χ1n) is 10.2. The van der Waals surface area contributed by atoms with E-state index in [0.717, 1.165) is 23.7 Å². The predicted molar refractivity (Wildman–Crippen MR) is 113 cm³/mol. The van der Waals surface area contributed by atoms with Crippen molar-refractivity contribution in [2.45, 2.75) is 31.7 Å². The topological polar surface area (TPSA) is 84.2 Å². The smallest absolute Gasteiger partial charge is 0.263 e. The molecule has 2 N–H and O–H groups in total. The van der Waals surface area contributed by atoms with Crippen LogP contribution in [0.5, 0.6) is 0 Å². The van der Waals surface area contributed by atoms with Gasteiger partial charge >= 0.3 is 0 Å². The highest BCUT2D eigenvalue weighted by molar-refractivity contribution is 5.93. The van der Waals surface area contributed by atoms with Crippen molar-refractivity contribution >= 4 is 28.4 Å². The van der Waals surface area contributed by atoms with E-state index in [0.29, 0.717) is 35.9 Å². The summed E-state index contributed by atoms with van der Waals surface area (Å²) >= 11 is 0. The van der Waals surface area contributed by atoms with Gasteiger partial charge in [0.1, 0.15) is 6.04 Å². The lowest BCUT2D eigenvalue weighted by Gasteiger charge is -2.16. The number of hydrogen-bond acceptors (Lipinski definition) is 5. The van der Waals surface area contributed by atoms with Gasteiger partial charge in [-0.2, -0.15) is 4.52 Å². The number of alkyl halides is 2. The van der Waals surface area contributed by atoms with Gasteiger partial charge in [-0.1, -0.05) is 36.4 Å². The predicted octanol–water partition coefficient (Wildman–Crippen LogP) is 3.96. The average molecular weight is 422 g/mol. The van der Waals surface area contributed by atoms with Crippen LogP contribution < -0.4 is 10.6 Å². The average Bonchev–Trinajstić information content (AvgIpc) is 3.14. The zero-order valence-electron chi connectivity index (χ0n) is 16.6. The second-order valence-corrected chi connectivity index (χ2v) is 7.53. The fourth-order valence-electron chi connectivity index (χ4n) is 3.78. The molecule has 1 aliphatic heterocycles. The highest BCUT2D eigenvalue weighted by Crippen LogP contribution is 2.26. The number of hydrogen-bond donors (Lipinski definition) is 2. The Bertz CT molecular complexity index is 1250. The van der Waals surface area contributed by atoms with Gasteiger partial charge in [0, 0.05) is 23.1 Å². The van der Waals surface area contributed by atoms with Crippen molar-refractivity contribution in [2.24, 2.45) is 0 Å². The molecular weight excluding hydrogens is 402 g/mol. The number of rotatable bonds is 4. The molecule has 4 aromatic rings. The number of fused-ring (bicyclic) bond motifs is 3. The molecule has 1 fully saturated rings. The second kappa shape index (κ2) is 7.90. The van der Waals surface area contributed by atoms with Crippen LogP contribution >= 0.6 is 0 Å². The molecule has 7 nitrogen and oxygen atoms in total. The number of benzene rings is 2. The van der Waals surface area contributed by atoms with Gasteiger partial charge < -0.3 is 10.6 Å². The zero-order chi connectivity index (χ0) is 21.4. The largest absolute Gasteiger partial charge is 0.354 e. The number of para-hydroxylation sites is 1. The first-order chi connectivity index (χ1) is 15.1. The van der Waals surface area contributed by atoms with Gasteiger partial charge in [0.2, 0.25) is 11.9 Å². The minimum Gasteiger partial charge on any atom is -0.354 e. The Kier molecular flexibility index (Phi) is 4.93. The van der Waals surface area contributed by atoms with Crippen molar-refractivity contribution in [3.63, 3.8) is 0 Å². The minimum absolute atomic E-state index is 0.0543. The first kappa shape index (κ1) is 19.3. The van der Waals surface area contributed by atoms with E-state index in [-0.39, 0.29) is 11.5 Å². The van der Waals surface area contributed by atoms with Crippen LogP contribution in [0.4, 0.5) is 14.7 Å². The van der Waals surface area contributed by atoms with E-state index in [1.54, 1.807) is 16.6 Å². The molecule has 0 unspecified atom stereocenters. The molecular formula is C22H20F2N6O. The number of aromatic nitrogens is 4. The first-order valence-corrected chi connectivity index (χ1v) is 10.2. The number of amides is 1. The highest BCUT2D eigenvalue weighted by atomic mass is 19.3. The lowest BCUT2D eigenvalue weighted by atomic mass is 10.1. The Morgan fingerprint density at radius 2 is 1.87 bits per heavy atom. The summed E-state index contributed by atoms with van der Waals surface area (Å²) in [6.45, 7) is 0.666. The molecule has 0 radical (unpaired) electrons. The lowest BCUT2D eigenvalue weighted by Crippen LogP contribution is -2.38. The van der Waals surface area contributed by atoms with Crippen molar-refractivity contribution in [3.05, 3.63) is 54.1 Å². The Balaban J connectivity index is 1.61. The molecule has 1 aliphatic rings. The van der Waals surface area contributed by atoms with E-state index in [1.807, 2.05) is 24.3 Å². The molecule has 2 aromatic carbocycles. The summed E-state index contributed by atoms with van der Waals surface area (Å²) in [4.78, 5) is 21.8. The SMILES string of the molecule is O=C1NCCCC[C@H]1Nc1nc2ccccc2c2nc(-c3ccc(C(F)F)cc3)nn12. The Morgan fingerprint density at radius 3 is 2.68 bits per heavy atom. The fraction of sp³-hybridized carbons (Fsp3) is 0.273. The van der Waals surface area contributed by atoms with Crippen molar-refractivity contribution in [3.8, 4) is 11.4 Å². The van der Waals surface area contributed by atoms with Crippen molar-refractivity contribution < 1.29 is 13.6 Å². The van der Waals surface area contributed by atoms with Gasteiger partial charge in [-0.3, -0.25) is 4.79 Å². The number of halogens is 2. The van der Waals surface area contributed by atoms with Crippen molar-refractivity contribution in [1.29, 1.82) is 0 Å². The maximum absolute atomic E-state index is 12.9. The number of anilines is 1. The van der Waals surface area contributed by atoms with Gasteiger partial charge in [-0.05, 0) is 31.4 Å². The summed E-state index contributed by atoms with van der Waals surface area (Å²) in [6.07, 6.45) is 0.0230. The van der Waals surface area contributed by atoms with Crippen LogP contribution in [0.2, 0.25) is 0 Å². The van der Waals surface area contributed by atoms with Gasteiger partial charge in [0.25, 0.3) is 6.43 Å². The molecule has 0 bridgehead atoms. The summed E-state index contributed by atoms with van der Waals surface area (Å²) in [7, 11) is 0. The highest BCUT2D eigenvalue weighted by Gasteiger charge is 2.23. The van der Waals surface area contributed by atoms with Crippen molar-refractivity contribution in [2.75, 3.05) is 11.9 Å². The molecule has 3 heterocycles. The monoisotopic (exact) mass is 422 g/mol. The van der Waals surface area contributed by atoms with Gasteiger partial charge in [0.15, 0.2) is 11.5 Å². The quantitative estimate of drug-likeness (QED) is 0.520. The van der Waals surface area contributed by atoms with E-state index in [2.05, 4.69) is 25.7 Å². The van der Waals surface area contributed by atoms with Crippen LogP contribution in [0.15, 0.2) is 48.5 Å². The van der Waals surface area contributed by atoms with Crippen molar-refractivity contribution in [1.82, 2.24) is 24.9 Å². The van der Waals surface area contributed by atoms with E-state index >= 15 is 0 Å². The number of nitrogens with one attached hydrogen (secondary N) is 2. The summed E-state index contributed by atoms with van der Waals surface area (Å²) in [5.41, 5.74) is 1.87. The standard InChI is InChI=1S/C22H20F2N6O/c23-18(24)13-8-10-14(11-9-13)19-28-20-15-5-1-2-6-16(15)26-22(30(20)29-19)27-17-7-3-4-12-25-21(17)31/h1-2,5-6,8-11,17-18H,3-4,7,12H2,(H,25,31)(H,26,27)/t17-/m1/s1. The molecule has 0 saturated carbocycles. The third-order valence-electron chi connectivity index (χ3n) is 5.44. The molecule has 1 atom stereocenters. The Labute approximate surface area is 176 Å². The van der Waals surface area contributed by atoms with E-state index in [4.69, 9.17) is 0 Å². The minimum atomic E-state index is -2.53. The van der Waals surface area contributed by atoms with Gasteiger partial charge in [0.05, 0.1) is 5.52 Å². The molecule has 158 valence electrons. The van der Waals surface area contributed by atoms with Crippen LogP contribution in [0.3, 0.4) is 0 Å². The normalized spacial score (nSPS) is 17.1. The molecule has 5 rings (SSSR count). The van der Waals surface area contributed by atoms with E-state index in [1.165, 1.54) is 12.1 Å². The summed E-state index contributed by atoms with van der Waals surface area (Å²) in [6, 6.07) is 13.0. The van der Waals surface area contributed by atoms with E-state index < -0.39 is 12.5 Å². The van der Waals surface area contributed by atoms with Crippen LogP contribution in [-0.2, 0) is 4.79 Å². The Morgan fingerprint density at radius 1 is 1.06 bits per heavy atom. The van der Waals surface area contributed by atoms with Crippen LogP contribution in [0.1, 0.15) is 31.3 Å². The maximum Gasteiger partial charge on any atom is 0.263 e.